The number of rotatable bonds is 3. The van der Waals surface area contributed by atoms with Crippen molar-refractivity contribution in [3.05, 3.63) is 57.9 Å². The average molecular weight is 457 g/mol. The van der Waals surface area contributed by atoms with Crippen molar-refractivity contribution in [2.24, 2.45) is 0 Å². The van der Waals surface area contributed by atoms with E-state index in [0.29, 0.717) is 28.3 Å². The zero-order chi connectivity index (χ0) is 17.3. The lowest BCUT2D eigenvalue weighted by Gasteiger charge is -2.11. The van der Waals surface area contributed by atoms with Gasteiger partial charge in [0.25, 0.3) is 0 Å². The van der Waals surface area contributed by atoms with Crippen molar-refractivity contribution in [3.63, 3.8) is 0 Å². The standard InChI is InChI=1S/C17H11ClFIN2O2/c1-10(23)22(18)12-5-2-4-11(8-12)16-9-15(21-24-16)17-13(19)6-3-7-14(17)20/h2-9H,1H3. The summed E-state index contributed by atoms with van der Waals surface area (Å²) in [5.41, 5.74) is 2.00. The summed E-state index contributed by atoms with van der Waals surface area (Å²) in [4.78, 5) is 11.4. The van der Waals surface area contributed by atoms with Crippen LogP contribution in [0, 0.1) is 9.39 Å². The van der Waals surface area contributed by atoms with Gasteiger partial charge in [0.15, 0.2) is 5.76 Å². The van der Waals surface area contributed by atoms with Gasteiger partial charge in [-0.05, 0) is 46.9 Å². The van der Waals surface area contributed by atoms with Crippen LogP contribution in [0.4, 0.5) is 10.1 Å². The maximum absolute atomic E-state index is 14.1. The molecular formula is C17H11ClFIN2O2. The normalized spacial score (nSPS) is 10.7. The monoisotopic (exact) mass is 456 g/mol. The van der Waals surface area contributed by atoms with E-state index in [1.54, 1.807) is 42.5 Å². The summed E-state index contributed by atoms with van der Waals surface area (Å²) in [7, 11) is 0. The maximum Gasteiger partial charge on any atom is 0.238 e. The molecule has 1 heterocycles. The van der Waals surface area contributed by atoms with Crippen molar-refractivity contribution in [1.29, 1.82) is 0 Å². The summed E-state index contributed by atoms with van der Waals surface area (Å²) >= 11 is 7.98. The fourth-order valence-electron chi connectivity index (χ4n) is 2.23. The van der Waals surface area contributed by atoms with E-state index in [9.17, 15) is 9.18 Å². The Morgan fingerprint density at radius 2 is 2.00 bits per heavy atom. The van der Waals surface area contributed by atoms with Crippen LogP contribution in [0.15, 0.2) is 53.1 Å². The molecule has 0 unspecified atom stereocenters. The smallest absolute Gasteiger partial charge is 0.238 e. The Bertz CT molecular complexity index is 893. The van der Waals surface area contributed by atoms with Crippen molar-refractivity contribution in [2.45, 2.75) is 6.92 Å². The van der Waals surface area contributed by atoms with Gasteiger partial charge >= 0.3 is 0 Å². The van der Waals surface area contributed by atoms with Crippen LogP contribution >= 0.6 is 34.4 Å². The molecule has 0 atom stereocenters. The van der Waals surface area contributed by atoms with Crippen LogP contribution in [0.5, 0.6) is 0 Å². The molecule has 0 aliphatic heterocycles. The van der Waals surface area contributed by atoms with E-state index >= 15 is 0 Å². The predicted molar refractivity (Wildman–Crippen MR) is 99.1 cm³/mol. The lowest BCUT2D eigenvalue weighted by molar-refractivity contribution is -0.115. The van der Waals surface area contributed by atoms with Crippen LogP contribution in [-0.4, -0.2) is 11.1 Å². The molecule has 0 spiro atoms. The highest BCUT2D eigenvalue weighted by molar-refractivity contribution is 14.1. The third-order valence-electron chi connectivity index (χ3n) is 3.36. The van der Waals surface area contributed by atoms with Gasteiger partial charge in [0.1, 0.15) is 11.5 Å². The van der Waals surface area contributed by atoms with Crippen molar-refractivity contribution in [2.75, 3.05) is 4.42 Å². The zero-order valence-electron chi connectivity index (χ0n) is 12.5. The van der Waals surface area contributed by atoms with E-state index < -0.39 is 0 Å². The van der Waals surface area contributed by atoms with E-state index in [-0.39, 0.29) is 11.7 Å². The molecule has 3 rings (SSSR count). The second kappa shape index (κ2) is 6.90. The van der Waals surface area contributed by atoms with Crippen LogP contribution in [-0.2, 0) is 4.79 Å². The highest BCUT2D eigenvalue weighted by Gasteiger charge is 2.16. The van der Waals surface area contributed by atoms with Crippen molar-refractivity contribution in [3.8, 4) is 22.6 Å². The van der Waals surface area contributed by atoms with E-state index in [2.05, 4.69) is 27.7 Å². The highest BCUT2D eigenvalue weighted by Crippen LogP contribution is 2.32. The average Bonchev–Trinajstić information content (AvgIpc) is 3.03. The van der Waals surface area contributed by atoms with Gasteiger partial charge in [0.2, 0.25) is 5.91 Å². The Kier molecular flexibility index (Phi) is 4.86. The Morgan fingerprint density at radius 1 is 1.25 bits per heavy atom. The van der Waals surface area contributed by atoms with Gasteiger partial charge in [-0.1, -0.05) is 23.4 Å². The SMILES string of the molecule is CC(=O)N(Cl)c1cccc(-c2cc(-c3c(F)cccc3I)no2)c1. The number of amides is 1. The van der Waals surface area contributed by atoms with Crippen molar-refractivity contribution >= 4 is 46.0 Å². The minimum Gasteiger partial charge on any atom is -0.356 e. The molecule has 4 nitrogen and oxygen atoms in total. The van der Waals surface area contributed by atoms with Gasteiger partial charge in [-0.25, -0.2) is 8.81 Å². The molecule has 0 N–H and O–H groups in total. The fourth-order valence-corrected chi connectivity index (χ4v) is 3.08. The Balaban J connectivity index is 2.00. The molecule has 0 bridgehead atoms. The molecule has 2 aromatic carbocycles. The minimum atomic E-state index is -0.362. The number of hydrogen-bond acceptors (Lipinski definition) is 3. The number of anilines is 1. The van der Waals surface area contributed by atoms with Crippen LogP contribution in [0.1, 0.15) is 6.92 Å². The van der Waals surface area contributed by atoms with E-state index in [4.69, 9.17) is 16.3 Å². The Hall–Kier alpha value is -1.93. The van der Waals surface area contributed by atoms with Gasteiger partial charge in [0, 0.05) is 33.9 Å². The van der Waals surface area contributed by atoms with Gasteiger partial charge in [-0.15, -0.1) is 0 Å². The largest absolute Gasteiger partial charge is 0.356 e. The van der Waals surface area contributed by atoms with Gasteiger partial charge in [0.05, 0.1) is 11.3 Å². The number of nitrogens with zero attached hydrogens (tertiary/aromatic N) is 2. The molecule has 1 amide bonds. The topological polar surface area (TPSA) is 46.3 Å². The number of carbonyl (C=O) groups excluding carboxylic acids is 1. The minimum absolute atomic E-state index is 0.298. The summed E-state index contributed by atoms with van der Waals surface area (Å²) in [6.45, 7) is 1.37. The number of hydrogen-bond donors (Lipinski definition) is 0. The number of benzene rings is 2. The first-order valence-corrected chi connectivity index (χ1v) is 8.37. The highest BCUT2D eigenvalue weighted by atomic mass is 127. The molecule has 0 fully saturated rings. The van der Waals surface area contributed by atoms with Crippen molar-refractivity contribution in [1.82, 2.24) is 5.16 Å². The third-order valence-corrected chi connectivity index (χ3v) is 4.70. The molecule has 0 saturated heterocycles. The second-order valence-electron chi connectivity index (χ2n) is 5.02. The first-order valence-electron chi connectivity index (χ1n) is 6.95. The molecule has 7 heteroatoms. The van der Waals surface area contributed by atoms with Gasteiger partial charge < -0.3 is 4.52 Å². The Labute approximate surface area is 156 Å². The summed E-state index contributed by atoms with van der Waals surface area (Å²) < 4.78 is 21.2. The lowest BCUT2D eigenvalue weighted by Crippen LogP contribution is -2.16. The third kappa shape index (κ3) is 3.29. The molecule has 3 aromatic rings. The molecule has 0 radical (unpaired) electrons. The first kappa shape index (κ1) is 16.9. The van der Waals surface area contributed by atoms with Crippen LogP contribution in [0.2, 0.25) is 0 Å². The van der Waals surface area contributed by atoms with Crippen molar-refractivity contribution < 1.29 is 13.7 Å². The summed E-state index contributed by atoms with van der Waals surface area (Å²) in [6, 6.07) is 13.4. The van der Waals surface area contributed by atoms with E-state index in [1.807, 2.05) is 0 Å². The maximum atomic E-state index is 14.1. The summed E-state index contributed by atoms with van der Waals surface area (Å²) in [5, 5.41) is 3.96. The summed E-state index contributed by atoms with van der Waals surface area (Å²) in [6.07, 6.45) is 0. The van der Waals surface area contributed by atoms with Gasteiger partial charge in [-0.3, -0.25) is 4.79 Å². The molecule has 0 aliphatic carbocycles. The molecule has 0 aliphatic rings. The molecule has 24 heavy (non-hydrogen) atoms. The first-order chi connectivity index (χ1) is 11.5. The summed E-state index contributed by atoms with van der Waals surface area (Å²) in [5.74, 6) is -0.202. The molecule has 1 aromatic heterocycles. The predicted octanol–water partition coefficient (Wildman–Crippen LogP) is 5.26. The van der Waals surface area contributed by atoms with Crippen LogP contribution in [0.25, 0.3) is 22.6 Å². The van der Waals surface area contributed by atoms with Crippen LogP contribution in [0.3, 0.4) is 0 Å². The Morgan fingerprint density at radius 3 is 2.71 bits per heavy atom. The lowest BCUT2D eigenvalue weighted by atomic mass is 10.1. The fraction of sp³-hybridized carbons (Fsp3) is 0.0588. The van der Waals surface area contributed by atoms with E-state index in [0.717, 1.165) is 7.99 Å². The quantitative estimate of drug-likeness (QED) is 0.399. The molecular weight excluding hydrogens is 446 g/mol. The number of carbonyl (C=O) groups is 1. The second-order valence-corrected chi connectivity index (χ2v) is 6.52. The van der Waals surface area contributed by atoms with E-state index in [1.165, 1.54) is 13.0 Å². The number of aromatic nitrogens is 1. The van der Waals surface area contributed by atoms with Gasteiger partial charge in [-0.2, -0.15) is 0 Å². The van der Waals surface area contributed by atoms with Crippen LogP contribution < -0.4 is 4.42 Å². The zero-order valence-corrected chi connectivity index (χ0v) is 15.4. The number of halogens is 3. The molecule has 122 valence electrons. The molecule has 0 saturated carbocycles.